The van der Waals surface area contributed by atoms with Crippen LogP contribution < -0.4 is 20.7 Å². The van der Waals surface area contributed by atoms with E-state index in [9.17, 15) is 0 Å². The van der Waals surface area contributed by atoms with Crippen molar-refractivity contribution in [3.8, 4) is 45.5 Å². The first-order chi connectivity index (χ1) is 34.2. The van der Waals surface area contributed by atoms with Crippen LogP contribution in [-0.2, 0) is 0 Å². The third-order valence-electron chi connectivity index (χ3n) is 13.8. The van der Waals surface area contributed by atoms with Crippen LogP contribution in [0.2, 0.25) is 0 Å². The Labute approximate surface area is 400 Å². The first-order valence-electron chi connectivity index (χ1n) is 23.4. The quantitative estimate of drug-likeness (QED) is 0.107. The normalized spacial score (nSPS) is 11.8. The lowest BCUT2D eigenvalue weighted by Gasteiger charge is -2.34. The van der Waals surface area contributed by atoms with E-state index < -0.39 is 8.07 Å². The summed E-state index contributed by atoms with van der Waals surface area (Å²) in [5.74, 6) is 1.77. The zero-order chi connectivity index (χ0) is 45.7. The molecule has 0 unspecified atom stereocenters. The molecule has 13 rings (SSSR count). The lowest BCUT2D eigenvalue weighted by atomic mass is 10.0. The third kappa shape index (κ3) is 6.72. The van der Waals surface area contributed by atoms with Gasteiger partial charge < -0.3 is 4.57 Å². The molecular formula is C63H43N5Si. The first kappa shape index (κ1) is 40.3. The predicted molar refractivity (Wildman–Crippen MR) is 288 cm³/mol. The summed E-state index contributed by atoms with van der Waals surface area (Å²) in [4.78, 5) is 16.0. The molecule has 0 atom stereocenters. The highest BCUT2D eigenvalue weighted by molar-refractivity contribution is 7.19. The van der Waals surface area contributed by atoms with Crippen LogP contribution in [0.5, 0.6) is 0 Å². The summed E-state index contributed by atoms with van der Waals surface area (Å²) < 4.78 is 4.59. The maximum absolute atomic E-state index is 5.40. The Morgan fingerprint density at radius 1 is 0.261 bits per heavy atom. The molecule has 0 aliphatic carbocycles. The SMILES string of the molecule is c1ccc(-c2ccc(-c3nc(-c4ccc([Si](c5ccccc5)(c5ccccc5)c5ccccc5)cc4)nc(-n4c5ccccc5c5cc(-n6c7ccccc7c7ccccc76)ccc54)n3)cc2)cc1. The highest BCUT2D eigenvalue weighted by Gasteiger charge is 2.41. The molecule has 0 aliphatic heterocycles. The second kappa shape index (κ2) is 16.7. The molecular weight excluding hydrogens is 855 g/mol. The molecule has 5 nitrogen and oxygen atoms in total. The average molecular weight is 898 g/mol. The number of para-hydroxylation sites is 3. The van der Waals surface area contributed by atoms with Crippen LogP contribution in [-0.4, -0.2) is 32.2 Å². The predicted octanol–water partition coefficient (Wildman–Crippen LogP) is 12.4. The molecule has 0 radical (unpaired) electrons. The Balaban J connectivity index is 1.00. The van der Waals surface area contributed by atoms with Gasteiger partial charge in [0, 0.05) is 38.4 Å². The van der Waals surface area contributed by atoms with Crippen molar-refractivity contribution >= 4 is 72.4 Å². The van der Waals surface area contributed by atoms with Crippen molar-refractivity contribution in [3.63, 3.8) is 0 Å². The van der Waals surface area contributed by atoms with E-state index in [0.29, 0.717) is 17.6 Å². The molecule has 0 saturated heterocycles. The molecule has 3 aromatic heterocycles. The molecule has 10 aromatic carbocycles. The Morgan fingerprint density at radius 3 is 1.13 bits per heavy atom. The van der Waals surface area contributed by atoms with Gasteiger partial charge in [-0.15, -0.1) is 0 Å². The minimum absolute atomic E-state index is 0.559. The fourth-order valence-corrected chi connectivity index (χ4v) is 15.4. The van der Waals surface area contributed by atoms with Gasteiger partial charge >= 0.3 is 0 Å². The highest BCUT2D eigenvalue weighted by atomic mass is 28.3. The Bertz CT molecular complexity index is 3830. The third-order valence-corrected chi connectivity index (χ3v) is 18.6. The molecule has 0 spiro atoms. The van der Waals surface area contributed by atoms with E-state index in [1.165, 1.54) is 42.6 Å². The molecule has 0 bridgehead atoms. The topological polar surface area (TPSA) is 48.5 Å². The van der Waals surface area contributed by atoms with Gasteiger partial charge in [0.25, 0.3) is 0 Å². The van der Waals surface area contributed by atoms with Crippen molar-refractivity contribution < 1.29 is 0 Å². The summed E-state index contributed by atoms with van der Waals surface area (Å²) >= 11 is 0. The van der Waals surface area contributed by atoms with Crippen LogP contribution in [0, 0.1) is 0 Å². The minimum atomic E-state index is -2.75. The number of rotatable bonds is 9. The summed E-state index contributed by atoms with van der Waals surface area (Å²) in [6.45, 7) is 0. The molecule has 69 heavy (non-hydrogen) atoms. The van der Waals surface area contributed by atoms with Crippen molar-refractivity contribution in [1.29, 1.82) is 0 Å². The van der Waals surface area contributed by atoms with Gasteiger partial charge in [-0.2, -0.15) is 9.97 Å². The Kier molecular flexibility index (Phi) is 9.77. The monoisotopic (exact) mass is 897 g/mol. The van der Waals surface area contributed by atoms with Gasteiger partial charge in [-0.05, 0) is 68.3 Å². The lowest BCUT2D eigenvalue weighted by molar-refractivity contribution is 0.953. The number of fused-ring (bicyclic) bond motifs is 6. The number of hydrogen-bond acceptors (Lipinski definition) is 3. The molecule has 3 heterocycles. The van der Waals surface area contributed by atoms with Crippen LogP contribution in [0.25, 0.3) is 89.2 Å². The fourth-order valence-electron chi connectivity index (χ4n) is 10.6. The molecule has 13 aromatic rings. The van der Waals surface area contributed by atoms with Gasteiger partial charge in [0.15, 0.2) is 19.7 Å². The van der Waals surface area contributed by atoms with Crippen LogP contribution in [0.1, 0.15) is 0 Å². The number of benzene rings is 10. The molecule has 0 fully saturated rings. The van der Waals surface area contributed by atoms with E-state index in [1.807, 2.05) is 6.07 Å². The highest BCUT2D eigenvalue weighted by Crippen LogP contribution is 2.37. The van der Waals surface area contributed by atoms with E-state index in [4.69, 9.17) is 15.0 Å². The average Bonchev–Trinajstić information content (AvgIpc) is 3.95. The smallest absolute Gasteiger partial charge is 0.238 e. The zero-order valence-corrected chi connectivity index (χ0v) is 38.6. The largest absolute Gasteiger partial charge is 0.309 e. The number of hydrogen-bond donors (Lipinski definition) is 0. The van der Waals surface area contributed by atoms with Gasteiger partial charge in [-0.25, -0.2) is 4.98 Å². The maximum Gasteiger partial charge on any atom is 0.238 e. The molecule has 0 N–H and O–H groups in total. The summed E-state index contributed by atoms with van der Waals surface area (Å²) in [6, 6.07) is 93.8. The summed E-state index contributed by atoms with van der Waals surface area (Å²) in [7, 11) is -2.75. The molecule has 0 amide bonds. The Hall–Kier alpha value is -8.97. The van der Waals surface area contributed by atoms with Crippen molar-refractivity contribution in [2.24, 2.45) is 0 Å². The van der Waals surface area contributed by atoms with Gasteiger partial charge in [-0.1, -0.05) is 224 Å². The van der Waals surface area contributed by atoms with E-state index in [0.717, 1.165) is 49.7 Å². The van der Waals surface area contributed by atoms with E-state index in [2.05, 4.69) is 264 Å². The standard InChI is InChI=1S/C63H43N5Si/c1-5-19-44(20-6-1)45-33-35-46(36-34-45)61-64-62(47-37-40-52(41-38-47)69(49-21-7-2-8-22-49,50-23-9-3-10-24-50)51-25-11-4-12-26-51)66-63(65-61)68-59-32-18-15-29-55(59)56-43-48(39-42-60(56)68)67-57-30-16-13-27-53(57)54-28-14-17-31-58(54)67/h1-43H. The fraction of sp³-hybridized carbons (Fsp3) is 0. The van der Waals surface area contributed by atoms with Crippen LogP contribution >= 0.6 is 0 Å². The molecule has 324 valence electrons. The van der Waals surface area contributed by atoms with Crippen molar-refractivity contribution in [1.82, 2.24) is 24.1 Å². The van der Waals surface area contributed by atoms with E-state index >= 15 is 0 Å². The number of aromatic nitrogens is 5. The van der Waals surface area contributed by atoms with Crippen molar-refractivity contribution in [2.45, 2.75) is 0 Å². The first-order valence-corrected chi connectivity index (χ1v) is 25.4. The summed E-state index contributed by atoms with van der Waals surface area (Å²) in [5, 5.41) is 9.97. The minimum Gasteiger partial charge on any atom is -0.309 e. The molecule has 6 heteroatoms. The van der Waals surface area contributed by atoms with Crippen molar-refractivity contribution in [3.05, 3.63) is 261 Å². The molecule has 0 saturated carbocycles. The van der Waals surface area contributed by atoms with Gasteiger partial charge in [-0.3, -0.25) is 4.57 Å². The lowest BCUT2D eigenvalue weighted by Crippen LogP contribution is -2.74. The number of nitrogens with zero attached hydrogens (tertiary/aromatic N) is 5. The van der Waals surface area contributed by atoms with Crippen LogP contribution in [0.15, 0.2) is 261 Å². The second-order valence-electron chi connectivity index (χ2n) is 17.6. The van der Waals surface area contributed by atoms with E-state index in [1.54, 1.807) is 0 Å². The summed E-state index contributed by atoms with van der Waals surface area (Å²) in [5.41, 5.74) is 9.60. The van der Waals surface area contributed by atoms with Gasteiger partial charge in [0.2, 0.25) is 5.95 Å². The molecule has 0 aliphatic rings. The second-order valence-corrected chi connectivity index (χ2v) is 21.4. The van der Waals surface area contributed by atoms with Gasteiger partial charge in [0.1, 0.15) is 0 Å². The van der Waals surface area contributed by atoms with Crippen LogP contribution in [0.4, 0.5) is 0 Å². The van der Waals surface area contributed by atoms with Crippen molar-refractivity contribution in [2.75, 3.05) is 0 Å². The summed E-state index contributed by atoms with van der Waals surface area (Å²) in [6.07, 6.45) is 0. The maximum atomic E-state index is 5.40. The van der Waals surface area contributed by atoms with Crippen LogP contribution in [0.3, 0.4) is 0 Å². The van der Waals surface area contributed by atoms with Gasteiger partial charge in [0.05, 0.1) is 22.1 Å². The Morgan fingerprint density at radius 2 is 0.623 bits per heavy atom. The van der Waals surface area contributed by atoms with E-state index in [-0.39, 0.29) is 0 Å². The zero-order valence-electron chi connectivity index (χ0n) is 37.6.